The quantitative estimate of drug-likeness (QED) is 0.884. The van der Waals surface area contributed by atoms with Gasteiger partial charge in [-0.05, 0) is 31.2 Å². The molecule has 1 unspecified atom stereocenters. The first-order valence-corrected chi connectivity index (χ1v) is 9.09. The highest BCUT2D eigenvalue weighted by Gasteiger charge is 2.29. The van der Waals surface area contributed by atoms with Crippen LogP contribution in [0.15, 0.2) is 48.5 Å². The fourth-order valence-electron chi connectivity index (χ4n) is 3.21. The Morgan fingerprint density at radius 1 is 1.07 bits per heavy atom. The molecule has 7 heteroatoms. The van der Waals surface area contributed by atoms with Crippen molar-refractivity contribution >= 4 is 17.5 Å². The van der Waals surface area contributed by atoms with E-state index in [9.17, 15) is 14.0 Å². The van der Waals surface area contributed by atoms with Crippen LogP contribution in [0.3, 0.4) is 0 Å². The fraction of sp³-hybridized carbons (Fsp3) is 0.286. The molecule has 1 atom stereocenters. The molecule has 28 heavy (non-hydrogen) atoms. The first-order valence-electron chi connectivity index (χ1n) is 9.09. The van der Waals surface area contributed by atoms with Gasteiger partial charge >= 0.3 is 0 Å². The van der Waals surface area contributed by atoms with E-state index >= 15 is 0 Å². The van der Waals surface area contributed by atoms with Crippen LogP contribution in [0.4, 0.5) is 10.1 Å². The Morgan fingerprint density at radius 3 is 2.39 bits per heavy atom. The molecule has 0 saturated carbocycles. The average molecular weight is 380 g/mol. The Bertz CT molecular complexity index is 917. The number of halogens is 1. The zero-order chi connectivity index (χ0) is 20.1. The van der Waals surface area contributed by atoms with Gasteiger partial charge in [0.15, 0.2) is 0 Å². The Balaban J connectivity index is 1.58. The van der Waals surface area contributed by atoms with Gasteiger partial charge in [0.25, 0.3) is 5.91 Å². The fourth-order valence-corrected chi connectivity index (χ4v) is 3.21. The van der Waals surface area contributed by atoms with E-state index in [0.29, 0.717) is 37.4 Å². The molecule has 1 aliphatic rings. The van der Waals surface area contributed by atoms with E-state index < -0.39 is 11.9 Å². The number of amides is 2. The molecule has 144 valence electrons. The number of para-hydroxylation sites is 1. The van der Waals surface area contributed by atoms with Gasteiger partial charge in [-0.1, -0.05) is 24.3 Å². The molecule has 3 rings (SSSR count). The maximum atomic E-state index is 13.8. The van der Waals surface area contributed by atoms with Crippen molar-refractivity contribution in [1.29, 1.82) is 5.26 Å². The van der Waals surface area contributed by atoms with Crippen molar-refractivity contribution in [2.75, 3.05) is 31.5 Å². The first-order chi connectivity index (χ1) is 13.5. The molecule has 1 fully saturated rings. The van der Waals surface area contributed by atoms with Gasteiger partial charge in [0.2, 0.25) is 5.91 Å². The van der Waals surface area contributed by atoms with E-state index in [1.165, 1.54) is 12.1 Å². The van der Waals surface area contributed by atoms with Crippen LogP contribution in [0.25, 0.3) is 0 Å². The molecule has 0 aromatic heterocycles. The average Bonchev–Trinajstić information content (AvgIpc) is 2.73. The van der Waals surface area contributed by atoms with E-state index in [2.05, 4.69) is 11.4 Å². The minimum atomic E-state index is -0.529. The van der Waals surface area contributed by atoms with Crippen LogP contribution < -0.4 is 5.32 Å². The number of hydrogen-bond acceptors (Lipinski definition) is 4. The van der Waals surface area contributed by atoms with Gasteiger partial charge in [0.05, 0.1) is 22.9 Å². The number of carbonyl (C=O) groups is 2. The predicted molar refractivity (Wildman–Crippen MR) is 103 cm³/mol. The molecular weight excluding hydrogens is 359 g/mol. The zero-order valence-corrected chi connectivity index (χ0v) is 15.6. The Kier molecular flexibility index (Phi) is 6.02. The van der Waals surface area contributed by atoms with Gasteiger partial charge in [0, 0.05) is 26.2 Å². The molecule has 0 spiro atoms. The summed E-state index contributed by atoms with van der Waals surface area (Å²) in [6, 6.07) is 14.4. The molecule has 2 aromatic rings. The smallest absolute Gasteiger partial charge is 0.256 e. The summed E-state index contributed by atoms with van der Waals surface area (Å²) >= 11 is 0. The SMILES string of the molecule is CC(C(=O)Nc1ccccc1C#N)N1CCN(C(=O)c2ccccc2F)CC1. The molecule has 2 aromatic carbocycles. The van der Waals surface area contributed by atoms with Crippen LogP contribution in [-0.2, 0) is 4.79 Å². The zero-order valence-electron chi connectivity index (χ0n) is 15.6. The number of hydrogen-bond donors (Lipinski definition) is 1. The van der Waals surface area contributed by atoms with E-state index in [1.807, 2.05) is 4.90 Å². The number of nitrogens with one attached hydrogen (secondary N) is 1. The van der Waals surface area contributed by atoms with Crippen molar-refractivity contribution in [3.8, 4) is 6.07 Å². The van der Waals surface area contributed by atoms with Crippen LogP contribution in [0.5, 0.6) is 0 Å². The highest BCUT2D eigenvalue weighted by atomic mass is 19.1. The van der Waals surface area contributed by atoms with Crippen LogP contribution >= 0.6 is 0 Å². The van der Waals surface area contributed by atoms with E-state index in [4.69, 9.17) is 5.26 Å². The third kappa shape index (κ3) is 4.18. The number of carbonyl (C=O) groups excluding carboxylic acids is 2. The largest absolute Gasteiger partial charge is 0.336 e. The van der Waals surface area contributed by atoms with Crippen molar-refractivity contribution in [3.63, 3.8) is 0 Å². The van der Waals surface area contributed by atoms with Crippen LogP contribution in [0, 0.1) is 17.1 Å². The maximum absolute atomic E-state index is 13.8. The Labute approximate surface area is 163 Å². The number of nitrogens with zero attached hydrogens (tertiary/aromatic N) is 3. The highest BCUT2D eigenvalue weighted by molar-refractivity contribution is 5.96. The third-order valence-corrected chi connectivity index (χ3v) is 4.94. The minimum Gasteiger partial charge on any atom is -0.336 e. The summed E-state index contributed by atoms with van der Waals surface area (Å²) in [4.78, 5) is 28.6. The second-order valence-electron chi connectivity index (χ2n) is 6.63. The topological polar surface area (TPSA) is 76.4 Å². The van der Waals surface area contributed by atoms with Gasteiger partial charge in [-0.2, -0.15) is 5.26 Å². The molecule has 6 nitrogen and oxygen atoms in total. The lowest BCUT2D eigenvalue weighted by Gasteiger charge is -2.37. The van der Waals surface area contributed by atoms with Gasteiger partial charge < -0.3 is 10.2 Å². The summed E-state index contributed by atoms with van der Waals surface area (Å²) in [5.74, 6) is -1.08. The molecule has 1 saturated heterocycles. The lowest BCUT2D eigenvalue weighted by molar-refractivity contribution is -0.121. The van der Waals surface area contributed by atoms with Crippen molar-refractivity contribution in [1.82, 2.24) is 9.80 Å². The second-order valence-corrected chi connectivity index (χ2v) is 6.63. The predicted octanol–water partition coefficient (Wildman–Crippen LogP) is 2.48. The lowest BCUT2D eigenvalue weighted by Crippen LogP contribution is -2.54. The molecule has 1 N–H and O–H groups in total. The number of nitriles is 1. The van der Waals surface area contributed by atoms with Crippen molar-refractivity contribution < 1.29 is 14.0 Å². The van der Waals surface area contributed by atoms with Crippen molar-refractivity contribution in [2.45, 2.75) is 13.0 Å². The molecule has 0 aliphatic carbocycles. The van der Waals surface area contributed by atoms with Crippen LogP contribution in [0.1, 0.15) is 22.8 Å². The van der Waals surface area contributed by atoms with Gasteiger partial charge in [-0.3, -0.25) is 14.5 Å². The van der Waals surface area contributed by atoms with Crippen molar-refractivity contribution in [2.24, 2.45) is 0 Å². The number of piperazine rings is 1. The summed E-state index contributed by atoms with van der Waals surface area (Å²) in [7, 11) is 0. The molecule has 1 heterocycles. The van der Waals surface area contributed by atoms with Crippen molar-refractivity contribution in [3.05, 3.63) is 65.5 Å². The molecule has 1 aliphatic heterocycles. The second kappa shape index (κ2) is 8.63. The molecule has 0 radical (unpaired) electrons. The molecule has 0 bridgehead atoms. The highest BCUT2D eigenvalue weighted by Crippen LogP contribution is 2.17. The van der Waals surface area contributed by atoms with Gasteiger partial charge in [0.1, 0.15) is 11.9 Å². The van der Waals surface area contributed by atoms with Crippen LogP contribution in [0.2, 0.25) is 0 Å². The summed E-state index contributed by atoms with van der Waals surface area (Å²) in [6.07, 6.45) is 0. The molecule has 2 amide bonds. The first kappa shape index (κ1) is 19.5. The monoisotopic (exact) mass is 380 g/mol. The summed E-state index contributed by atoms with van der Waals surface area (Å²) < 4.78 is 13.8. The Hall–Kier alpha value is -3.24. The molecular formula is C21H21FN4O2. The Morgan fingerprint density at radius 2 is 1.71 bits per heavy atom. The number of rotatable bonds is 4. The third-order valence-electron chi connectivity index (χ3n) is 4.94. The standard InChI is InChI=1S/C21H21FN4O2/c1-15(20(27)24-19-9-5-2-6-16(19)14-23)25-10-12-26(13-11-25)21(28)17-7-3-4-8-18(17)22/h2-9,15H,10-13H2,1H3,(H,24,27). The normalized spacial score (nSPS) is 15.5. The van der Waals surface area contributed by atoms with E-state index in [0.717, 1.165) is 0 Å². The maximum Gasteiger partial charge on any atom is 0.256 e. The minimum absolute atomic E-state index is 0.0647. The number of anilines is 1. The summed E-state index contributed by atoms with van der Waals surface area (Å²) in [5, 5.41) is 11.9. The van der Waals surface area contributed by atoms with E-state index in [-0.39, 0.29) is 17.4 Å². The number of benzene rings is 2. The van der Waals surface area contributed by atoms with Gasteiger partial charge in [-0.25, -0.2) is 4.39 Å². The van der Waals surface area contributed by atoms with E-state index in [1.54, 1.807) is 48.2 Å². The lowest BCUT2D eigenvalue weighted by atomic mass is 10.1. The summed E-state index contributed by atoms with van der Waals surface area (Å²) in [6.45, 7) is 3.64. The van der Waals surface area contributed by atoms with Gasteiger partial charge in [-0.15, -0.1) is 0 Å². The van der Waals surface area contributed by atoms with Crippen LogP contribution in [-0.4, -0.2) is 53.8 Å². The summed E-state index contributed by atoms with van der Waals surface area (Å²) in [5.41, 5.74) is 0.952.